The number of hydrogen-bond acceptors (Lipinski definition) is 6. The van der Waals surface area contributed by atoms with E-state index in [1.807, 2.05) is 6.92 Å². The first-order valence-corrected chi connectivity index (χ1v) is 9.00. The van der Waals surface area contributed by atoms with E-state index in [1.54, 1.807) is 18.2 Å². The Balaban J connectivity index is 1.58. The smallest absolute Gasteiger partial charge is 0.276 e. The molecule has 7 nitrogen and oxygen atoms in total. The third-order valence-electron chi connectivity index (χ3n) is 4.33. The topological polar surface area (TPSA) is 84.2 Å². The fraction of sp³-hybridized carbons (Fsp3) is 0.333. The molecule has 0 radical (unpaired) electrons. The highest BCUT2D eigenvalue weighted by molar-refractivity contribution is 6.34. The van der Waals surface area contributed by atoms with Gasteiger partial charge in [0.15, 0.2) is 17.2 Å². The van der Waals surface area contributed by atoms with Crippen molar-refractivity contribution in [3.63, 3.8) is 0 Å². The second-order valence-corrected chi connectivity index (χ2v) is 6.57. The average molecular weight is 372 g/mol. The summed E-state index contributed by atoms with van der Waals surface area (Å²) < 4.78 is 5.58. The summed E-state index contributed by atoms with van der Waals surface area (Å²) in [5.41, 5.74) is 2.16. The minimum absolute atomic E-state index is 0.165. The first-order valence-electron chi connectivity index (χ1n) is 8.62. The molecule has 1 aliphatic heterocycles. The Hall–Kier alpha value is -2.67. The number of amides is 1. The van der Waals surface area contributed by atoms with Crippen LogP contribution in [-0.4, -0.2) is 33.9 Å². The van der Waals surface area contributed by atoms with Crippen LogP contribution in [0.3, 0.4) is 0 Å². The van der Waals surface area contributed by atoms with Gasteiger partial charge in [0.1, 0.15) is 5.52 Å². The molecule has 1 fully saturated rings. The summed E-state index contributed by atoms with van der Waals surface area (Å²) in [6, 6.07) is 5.32. The van der Waals surface area contributed by atoms with Gasteiger partial charge >= 0.3 is 0 Å². The van der Waals surface area contributed by atoms with Crippen LogP contribution >= 0.6 is 11.6 Å². The molecule has 1 aliphatic rings. The molecule has 1 saturated heterocycles. The Morgan fingerprint density at radius 2 is 2.12 bits per heavy atom. The van der Waals surface area contributed by atoms with Crippen LogP contribution < -0.4 is 10.2 Å². The van der Waals surface area contributed by atoms with Gasteiger partial charge in [-0.25, -0.2) is 15.0 Å². The van der Waals surface area contributed by atoms with E-state index in [9.17, 15) is 4.79 Å². The molecule has 26 heavy (non-hydrogen) atoms. The standard InChI is InChI=1S/C18H18ClN5O2/c1-2-15-22-13-9-11(5-6-14(13)26-15)21-17(25)16-12(19)10-20-18(23-16)24-7-3-4-8-24/h5-6,9-10H,2-4,7-8H2,1H3,(H,21,25). The third kappa shape index (κ3) is 3.22. The lowest BCUT2D eigenvalue weighted by atomic mass is 10.2. The van der Waals surface area contributed by atoms with Crippen molar-refractivity contribution >= 4 is 40.2 Å². The Morgan fingerprint density at radius 1 is 1.31 bits per heavy atom. The Morgan fingerprint density at radius 3 is 2.88 bits per heavy atom. The number of nitrogens with one attached hydrogen (secondary N) is 1. The van der Waals surface area contributed by atoms with Gasteiger partial charge in [-0.05, 0) is 31.0 Å². The van der Waals surface area contributed by atoms with Crippen molar-refractivity contribution in [1.82, 2.24) is 15.0 Å². The van der Waals surface area contributed by atoms with Crippen molar-refractivity contribution in [1.29, 1.82) is 0 Å². The van der Waals surface area contributed by atoms with E-state index in [4.69, 9.17) is 16.0 Å². The maximum atomic E-state index is 12.7. The van der Waals surface area contributed by atoms with Crippen LogP contribution in [0.5, 0.6) is 0 Å². The maximum absolute atomic E-state index is 12.7. The number of aryl methyl sites for hydroxylation is 1. The van der Waals surface area contributed by atoms with Gasteiger partial charge in [-0.1, -0.05) is 18.5 Å². The minimum atomic E-state index is -0.378. The number of nitrogens with zero attached hydrogens (tertiary/aromatic N) is 4. The van der Waals surface area contributed by atoms with Crippen molar-refractivity contribution in [3.8, 4) is 0 Å². The molecule has 1 amide bonds. The molecule has 8 heteroatoms. The van der Waals surface area contributed by atoms with E-state index >= 15 is 0 Å². The average Bonchev–Trinajstić information content (AvgIpc) is 3.31. The number of carbonyl (C=O) groups excluding carboxylic acids is 1. The lowest BCUT2D eigenvalue weighted by Gasteiger charge is -2.16. The molecular weight excluding hydrogens is 354 g/mol. The molecule has 0 saturated carbocycles. The van der Waals surface area contributed by atoms with E-state index in [0.29, 0.717) is 35.0 Å². The molecule has 1 N–H and O–H groups in total. The van der Waals surface area contributed by atoms with Crippen molar-refractivity contribution < 1.29 is 9.21 Å². The molecule has 2 aromatic heterocycles. The lowest BCUT2D eigenvalue weighted by Crippen LogP contribution is -2.23. The predicted molar refractivity (Wildman–Crippen MR) is 99.8 cm³/mol. The third-order valence-corrected chi connectivity index (χ3v) is 4.60. The van der Waals surface area contributed by atoms with Gasteiger partial charge in [-0.15, -0.1) is 0 Å². The Bertz CT molecular complexity index is 965. The van der Waals surface area contributed by atoms with E-state index in [0.717, 1.165) is 25.9 Å². The summed E-state index contributed by atoms with van der Waals surface area (Å²) in [5, 5.41) is 3.05. The second kappa shape index (κ2) is 6.92. The largest absolute Gasteiger partial charge is 0.441 e. The van der Waals surface area contributed by atoms with Crippen LogP contribution in [0.4, 0.5) is 11.6 Å². The normalized spacial score (nSPS) is 14.2. The van der Waals surface area contributed by atoms with Gasteiger partial charge in [-0.3, -0.25) is 4.79 Å². The number of aromatic nitrogens is 3. The number of rotatable bonds is 4. The number of carbonyl (C=O) groups is 1. The highest BCUT2D eigenvalue weighted by Gasteiger charge is 2.20. The SMILES string of the molecule is CCc1nc2cc(NC(=O)c3nc(N4CCCC4)ncc3Cl)ccc2o1. The van der Waals surface area contributed by atoms with E-state index < -0.39 is 0 Å². The van der Waals surface area contributed by atoms with Gasteiger partial charge in [0.05, 0.1) is 11.2 Å². The zero-order chi connectivity index (χ0) is 18.1. The predicted octanol–water partition coefficient (Wildman–Crippen LogP) is 3.69. The number of hydrogen-bond donors (Lipinski definition) is 1. The summed E-state index contributed by atoms with van der Waals surface area (Å²) in [6.07, 6.45) is 4.40. The number of anilines is 2. The molecule has 1 aromatic carbocycles. The van der Waals surface area contributed by atoms with Crippen molar-refractivity contribution in [3.05, 3.63) is 41.0 Å². The molecule has 134 valence electrons. The summed E-state index contributed by atoms with van der Waals surface area (Å²) in [5.74, 6) is 0.825. The maximum Gasteiger partial charge on any atom is 0.276 e. The van der Waals surface area contributed by atoms with E-state index in [2.05, 4.69) is 25.2 Å². The lowest BCUT2D eigenvalue weighted by molar-refractivity contribution is 0.102. The first-order chi connectivity index (χ1) is 12.6. The fourth-order valence-corrected chi connectivity index (χ4v) is 3.16. The second-order valence-electron chi connectivity index (χ2n) is 6.16. The van der Waals surface area contributed by atoms with Crippen molar-refractivity contribution in [2.75, 3.05) is 23.3 Å². The number of fused-ring (bicyclic) bond motifs is 1. The van der Waals surface area contributed by atoms with Gasteiger partial charge in [0.2, 0.25) is 5.95 Å². The highest BCUT2D eigenvalue weighted by atomic mass is 35.5. The van der Waals surface area contributed by atoms with Crippen LogP contribution in [0.15, 0.2) is 28.8 Å². The first kappa shape index (κ1) is 16.8. The van der Waals surface area contributed by atoms with Gasteiger partial charge < -0.3 is 14.6 Å². The summed E-state index contributed by atoms with van der Waals surface area (Å²) >= 11 is 6.15. The molecule has 0 bridgehead atoms. The molecule has 4 rings (SSSR count). The van der Waals surface area contributed by atoms with Crippen LogP contribution in [0.25, 0.3) is 11.1 Å². The van der Waals surface area contributed by atoms with Crippen LogP contribution in [0, 0.1) is 0 Å². The number of oxazole rings is 1. The Kier molecular flexibility index (Phi) is 4.46. The summed E-state index contributed by atoms with van der Waals surface area (Å²) in [4.78, 5) is 27.7. The van der Waals surface area contributed by atoms with Crippen LogP contribution in [0.2, 0.25) is 5.02 Å². The van der Waals surface area contributed by atoms with Gasteiger partial charge in [0, 0.05) is 25.2 Å². The van der Waals surface area contributed by atoms with Gasteiger partial charge in [-0.2, -0.15) is 0 Å². The zero-order valence-electron chi connectivity index (χ0n) is 14.3. The number of halogens is 1. The van der Waals surface area contributed by atoms with E-state index in [-0.39, 0.29) is 16.6 Å². The molecule has 0 unspecified atom stereocenters. The van der Waals surface area contributed by atoms with Gasteiger partial charge in [0.25, 0.3) is 5.91 Å². The molecule has 0 spiro atoms. The molecular formula is C18H18ClN5O2. The van der Waals surface area contributed by atoms with Crippen molar-refractivity contribution in [2.24, 2.45) is 0 Å². The molecule has 0 aliphatic carbocycles. The molecule has 3 heterocycles. The quantitative estimate of drug-likeness (QED) is 0.753. The summed E-state index contributed by atoms with van der Waals surface area (Å²) in [6.45, 7) is 3.76. The van der Waals surface area contributed by atoms with E-state index in [1.165, 1.54) is 6.20 Å². The monoisotopic (exact) mass is 371 g/mol. The minimum Gasteiger partial charge on any atom is -0.441 e. The van der Waals surface area contributed by atoms with Crippen LogP contribution in [0.1, 0.15) is 36.1 Å². The highest BCUT2D eigenvalue weighted by Crippen LogP contribution is 2.23. The molecule has 0 atom stereocenters. The fourth-order valence-electron chi connectivity index (χ4n) is 2.98. The molecule has 3 aromatic rings. The number of benzene rings is 1. The Labute approximate surface area is 155 Å². The zero-order valence-corrected chi connectivity index (χ0v) is 15.1. The summed E-state index contributed by atoms with van der Waals surface area (Å²) in [7, 11) is 0. The van der Waals surface area contributed by atoms with Crippen LogP contribution in [-0.2, 0) is 6.42 Å². The van der Waals surface area contributed by atoms with Crippen molar-refractivity contribution in [2.45, 2.75) is 26.2 Å².